The summed E-state index contributed by atoms with van der Waals surface area (Å²) in [6, 6.07) is 19.4. The Morgan fingerprint density at radius 1 is 1.05 bits per heavy atom. The lowest BCUT2D eigenvalue weighted by Crippen LogP contribution is -2.29. The van der Waals surface area contributed by atoms with Gasteiger partial charge in [-0.15, -0.1) is 10.2 Å². The van der Waals surface area contributed by atoms with Crippen LogP contribution in [0.25, 0.3) is 5.76 Å². The highest BCUT2D eigenvalue weighted by atomic mass is 79.9. The molecule has 1 saturated heterocycles. The molecule has 1 aliphatic rings. The lowest BCUT2D eigenvalue weighted by atomic mass is 9.95. The SMILES string of the molecule is COc1cc(C2/C(=C(/O)c3ccc(Br)cc3)C(=O)C(=O)N2c2nnc(SCc3ccc(C)cc3)s2)ccc1OCCC(C)C. The molecule has 2 heterocycles. The largest absolute Gasteiger partial charge is 0.507 e. The number of carbonyl (C=O) groups is 2. The Hall–Kier alpha value is -3.67. The number of benzene rings is 3. The molecule has 4 aromatic rings. The number of aromatic nitrogens is 2. The van der Waals surface area contributed by atoms with Crippen LogP contribution in [0.3, 0.4) is 0 Å². The number of methoxy groups -OCH3 is 1. The summed E-state index contributed by atoms with van der Waals surface area (Å²) in [4.78, 5) is 28.6. The number of hydrogen-bond donors (Lipinski definition) is 1. The first-order valence-corrected chi connectivity index (χ1v) is 16.6. The van der Waals surface area contributed by atoms with Crippen molar-refractivity contribution >= 4 is 61.6 Å². The van der Waals surface area contributed by atoms with E-state index in [9.17, 15) is 14.7 Å². The molecule has 44 heavy (non-hydrogen) atoms. The molecule has 228 valence electrons. The van der Waals surface area contributed by atoms with Crippen molar-refractivity contribution in [3.05, 3.63) is 99.0 Å². The fourth-order valence-electron chi connectivity index (χ4n) is 4.67. The van der Waals surface area contributed by atoms with Crippen molar-refractivity contribution in [2.75, 3.05) is 18.6 Å². The van der Waals surface area contributed by atoms with Crippen molar-refractivity contribution in [1.29, 1.82) is 0 Å². The number of aliphatic hydroxyl groups is 1. The third kappa shape index (κ3) is 7.00. The Morgan fingerprint density at radius 3 is 2.45 bits per heavy atom. The van der Waals surface area contributed by atoms with Crippen LogP contribution in [0.5, 0.6) is 11.5 Å². The summed E-state index contributed by atoms with van der Waals surface area (Å²) < 4.78 is 13.1. The summed E-state index contributed by atoms with van der Waals surface area (Å²) in [6.45, 7) is 6.80. The van der Waals surface area contributed by atoms with Crippen LogP contribution in [0.4, 0.5) is 5.13 Å². The highest BCUT2D eigenvalue weighted by molar-refractivity contribution is 9.10. The lowest BCUT2D eigenvalue weighted by molar-refractivity contribution is -0.132. The van der Waals surface area contributed by atoms with Crippen LogP contribution in [0.15, 0.2) is 81.1 Å². The average Bonchev–Trinajstić information content (AvgIpc) is 3.58. The van der Waals surface area contributed by atoms with Crippen LogP contribution < -0.4 is 14.4 Å². The predicted molar refractivity (Wildman–Crippen MR) is 178 cm³/mol. The maximum atomic E-state index is 13.6. The predicted octanol–water partition coefficient (Wildman–Crippen LogP) is 7.96. The third-order valence-electron chi connectivity index (χ3n) is 7.10. The molecule has 1 N–H and O–H groups in total. The second kappa shape index (κ2) is 14.0. The maximum Gasteiger partial charge on any atom is 0.301 e. The minimum atomic E-state index is -0.972. The standard InChI is InChI=1S/C33H32BrN3O5S2/c1-19(2)15-16-42-25-14-11-23(17-26(25)41-4)28-27(29(38)22-9-12-24(34)13-10-22)30(39)31(40)37(28)32-35-36-33(44-32)43-18-21-7-5-20(3)6-8-21/h5-14,17,19,28,38H,15-16,18H2,1-4H3/b29-27-. The quantitative estimate of drug-likeness (QED) is 0.0555. The smallest absolute Gasteiger partial charge is 0.301 e. The zero-order chi connectivity index (χ0) is 31.4. The summed E-state index contributed by atoms with van der Waals surface area (Å²) in [5.41, 5.74) is 3.23. The highest BCUT2D eigenvalue weighted by Gasteiger charge is 2.48. The van der Waals surface area contributed by atoms with Crippen LogP contribution in [-0.4, -0.2) is 40.7 Å². The highest BCUT2D eigenvalue weighted by Crippen LogP contribution is 2.45. The molecule has 0 bridgehead atoms. The van der Waals surface area contributed by atoms with E-state index in [4.69, 9.17) is 9.47 Å². The van der Waals surface area contributed by atoms with Crippen molar-refractivity contribution in [2.24, 2.45) is 5.92 Å². The van der Waals surface area contributed by atoms with Gasteiger partial charge in [-0.25, -0.2) is 0 Å². The monoisotopic (exact) mass is 693 g/mol. The second-order valence-corrected chi connectivity index (χ2v) is 13.8. The summed E-state index contributed by atoms with van der Waals surface area (Å²) in [5.74, 6) is 0.269. The van der Waals surface area contributed by atoms with Gasteiger partial charge in [-0.1, -0.05) is 101 Å². The maximum absolute atomic E-state index is 13.6. The molecule has 0 aliphatic carbocycles. The Bertz CT molecular complexity index is 1690. The molecule has 1 unspecified atom stereocenters. The Kier molecular flexibility index (Phi) is 10.1. The molecule has 5 rings (SSSR count). The number of thioether (sulfide) groups is 1. The van der Waals surface area contributed by atoms with Crippen LogP contribution in [0.1, 0.15) is 48.6 Å². The number of nitrogens with zero attached hydrogens (tertiary/aromatic N) is 3. The topological polar surface area (TPSA) is 102 Å². The first-order valence-electron chi connectivity index (χ1n) is 14.1. The number of anilines is 1. The first-order chi connectivity index (χ1) is 21.2. The number of carbonyl (C=O) groups excluding carboxylic acids is 2. The van der Waals surface area contributed by atoms with E-state index in [1.165, 1.54) is 40.7 Å². The van der Waals surface area contributed by atoms with Crippen molar-refractivity contribution in [3.63, 3.8) is 0 Å². The van der Waals surface area contributed by atoms with Crippen molar-refractivity contribution in [1.82, 2.24) is 10.2 Å². The van der Waals surface area contributed by atoms with E-state index in [0.717, 1.165) is 16.5 Å². The molecule has 1 atom stereocenters. The van der Waals surface area contributed by atoms with E-state index in [0.29, 0.717) is 45.2 Å². The van der Waals surface area contributed by atoms with Gasteiger partial charge in [-0.05, 0) is 54.7 Å². The fraction of sp³-hybridized carbons (Fsp3) is 0.273. The molecular formula is C33H32BrN3O5S2. The minimum absolute atomic E-state index is 0.0445. The van der Waals surface area contributed by atoms with Crippen LogP contribution >= 0.6 is 39.0 Å². The third-order valence-corrected chi connectivity index (χ3v) is 9.76. The normalized spacial score (nSPS) is 16.1. The number of rotatable bonds is 11. The molecule has 1 aliphatic heterocycles. The minimum Gasteiger partial charge on any atom is -0.507 e. The molecule has 11 heteroatoms. The van der Waals surface area contributed by atoms with Crippen molar-refractivity contribution < 1.29 is 24.2 Å². The molecule has 8 nitrogen and oxygen atoms in total. The molecule has 0 saturated carbocycles. The number of ether oxygens (including phenoxy) is 2. The number of hydrogen-bond acceptors (Lipinski definition) is 9. The van der Waals surface area contributed by atoms with E-state index < -0.39 is 17.7 Å². The van der Waals surface area contributed by atoms with E-state index in [2.05, 4.69) is 64.2 Å². The van der Waals surface area contributed by atoms with Crippen molar-refractivity contribution in [2.45, 2.75) is 43.3 Å². The molecular weight excluding hydrogens is 662 g/mol. The van der Waals surface area contributed by atoms with E-state index in [-0.39, 0.29) is 16.5 Å². The van der Waals surface area contributed by atoms with Crippen LogP contribution in [0.2, 0.25) is 0 Å². The fourth-order valence-corrected chi connectivity index (χ4v) is 6.76. The Labute approximate surface area is 273 Å². The van der Waals surface area contributed by atoms with Gasteiger partial charge in [0.15, 0.2) is 15.8 Å². The van der Waals surface area contributed by atoms with E-state index >= 15 is 0 Å². The zero-order valence-corrected chi connectivity index (χ0v) is 28.0. The number of amides is 1. The van der Waals surface area contributed by atoms with Crippen LogP contribution in [0, 0.1) is 12.8 Å². The van der Waals surface area contributed by atoms with Gasteiger partial charge >= 0.3 is 5.91 Å². The number of aryl methyl sites for hydroxylation is 1. The average molecular weight is 695 g/mol. The molecule has 3 aromatic carbocycles. The van der Waals surface area contributed by atoms with Gasteiger partial charge in [0, 0.05) is 15.8 Å². The van der Waals surface area contributed by atoms with Gasteiger partial charge in [-0.2, -0.15) is 0 Å². The van der Waals surface area contributed by atoms with Gasteiger partial charge in [-0.3, -0.25) is 14.5 Å². The Morgan fingerprint density at radius 2 is 1.77 bits per heavy atom. The first kappa shape index (κ1) is 31.7. The van der Waals surface area contributed by atoms with E-state index in [1.807, 2.05) is 6.92 Å². The van der Waals surface area contributed by atoms with E-state index in [1.54, 1.807) is 42.5 Å². The van der Waals surface area contributed by atoms with Crippen LogP contribution in [-0.2, 0) is 15.3 Å². The van der Waals surface area contributed by atoms with Gasteiger partial charge in [0.25, 0.3) is 5.78 Å². The zero-order valence-electron chi connectivity index (χ0n) is 24.7. The lowest BCUT2D eigenvalue weighted by Gasteiger charge is -2.23. The number of halogens is 1. The Balaban J connectivity index is 1.54. The molecule has 1 amide bonds. The molecule has 0 radical (unpaired) electrons. The molecule has 1 aromatic heterocycles. The number of ketones is 1. The molecule has 0 spiro atoms. The van der Waals surface area contributed by atoms with Gasteiger partial charge in [0.1, 0.15) is 5.76 Å². The summed E-state index contributed by atoms with van der Waals surface area (Å²) in [7, 11) is 1.54. The second-order valence-electron chi connectivity index (χ2n) is 10.7. The summed E-state index contributed by atoms with van der Waals surface area (Å²) in [5, 5.41) is 20.3. The summed E-state index contributed by atoms with van der Waals surface area (Å²) >= 11 is 6.12. The van der Waals surface area contributed by atoms with Gasteiger partial charge < -0.3 is 14.6 Å². The summed E-state index contributed by atoms with van der Waals surface area (Å²) in [6.07, 6.45) is 0.875. The number of aliphatic hydroxyl groups excluding tert-OH is 1. The molecule has 1 fully saturated rings. The number of Topliss-reactive ketones (excluding diaryl/α,β-unsaturated/α-hetero) is 1. The van der Waals surface area contributed by atoms with Gasteiger partial charge in [0.05, 0.1) is 25.3 Å². The van der Waals surface area contributed by atoms with Crippen molar-refractivity contribution in [3.8, 4) is 11.5 Å². The van der Waals surface area contributed by atoms with Gasteiger partial charge in [0.2, 0.25) is 5.13 Å².